The van der Waals surface area contributed by atoms with Crippen molar-refractivity contribution in [3.63, 3.8) is 0 Å². The molecule has 2 aromatic rings. The third-order valence-corrected chi connectivity index (χ3v) is 4.50. The van der Waals surface area contributed by atoms with Gasteiger partial charge in [0.25, 0.3) is 0 Å². The molecule has 0 radical (unpaired) electrons. The molecule has 2 aromatic heterocycles. The lowest BCUT2D eigenvalue weighted by molar-refractivity contribution is -0.120. The summed E-state index contributed by atoms with van der Waals surface area (Å²) in [6, 6.07) is 3.79. The highest BCUT2D eigenvalue weighted by Gasteiger charge is 2.27. The Balaban J connectivity index is 1.83. The molecule has 1 unspecified atom stereocenters. The van der Waals surface area contributed by atoms with Crippen LogP contribution in [0.15, 0.2) is 36.1 Å². The Morgan fingerprint density at radius 1 is 1.43 bits per heavy atom. The van der Waals surface area contributed by atoms with Crippen LogP contribution in [-0.4, -0.2) is 22.4 Å². The summed E-state index contributed by atoms with van der Waals surface area (Å²) in [6.07, 6.45) is 6.13. The molecule has 2 heterocycles. The smallest absolute Gasteiger partial charge is 0.234 e. The fourth-order valence-electron chi connectivity index (χ4n) is 1.89. The number of amides is 1. The number of hydrogen-bond acceptors (Lipinski definition) is 5. The Morgan fingerprint density at radius 2 is 2.29 bits per heavy atom. The lowest BCUT2D eigenvalue weighted by atomic mass is 10.00. The van der Waals surface area contributed by atoms with Crippen LogP contribution in [0.5, 0.6) is 0 Å². The second-order valence-corrected chi connectivity index (χ2v) is 5.91. The molecule has 0 saturated carbocycles. The first-order valence-electron chi connectivity index (χ1n) is 6.94. The normalized spacial score (nSPS) is 13.6. The van der Waals surface area contributed by atoms with Gasteiger partial charge in [0.2, 0.25) is 5.91 Å². The average Bonchev–Trinajstić information content (AvgIpc) is 3.06. The van der Waals surface area contributed by atoms with E-state index in [1.807, 2.05) is 17.5 Å². The number of carbonyl (C=O) groups excluding carboxylic acids is 1. The van der Waals surface area contributed by atoms with Gasteiger partial charge in [0.05, 0.1) is 12.1 Å². The van der Waals surface area contributed by atoms with E-state index in [4.69, 9.17) is 0 Å². The summed E-state index contributed by atoms with van der Waals surface area (Å²) in [5.41, 5.74) is 0.726. The SMILES string of the molecule is CCC(C)(NCC(=O)NCc1cccnc1)c1nccs1. The molecule has 112 valence electrons. The summed E-state index contributed by atoms with van der Waals surface area (Å²) in [4.78, 5) is 20.3. The summed E-state index contributed by atoms with van der Waals surface area (Å²) >= 11 is 1.60. The van der Waals surface area contributed by atoms with E-state index in [-0.39, 0.29) is 18.0 Å². The molecule has 0 bridgehead atoms. The third-order valence-electron chi connectivity index (χ3n) is 3.46. The van der Waals surface area contributed by atoms with E-state index < -0.39 is 0 Å². The Labute approximate surface area is 128 Å². The van der Waals surface area contributed by atoms with Gasteiger partial charge in [-0.2, -0.15) is 0 Å². The monoisotopic (exact) mass is 304 g/mol. The molecular weight excluding hydrogens is 284 g/mol. The highest BCUT2D eigenvalue weighted by molar-refractivity contribution is 7.09. The molecule has 0 aromatic carbocycles. The van der Waals surface area contributed by atoms with Crippen LogP contribution in [0.2, 0.25) is 0 Å². The Hall–Kier alpha value is -1.79. The van der Waals surface area contributed by atoms with Crippen molar-refractivity contribution < 1.29 is 4.79 Å². The van der Waals surface area contributed by atoms with Crippen LogP contribution < -0.4 is 10.6 Å². The fraction of sp³-hybridized carbons (Fsp3) is 0.400. The topological polar surface area (TPSA) is 66.9 Å². The van der Waals surface area contributed by atoms with Crippen molar-refractivity contribution in [1.82, 2.24) is 20.6 Å². The number of hydrogen-bond donors (Lipinski definition) is 2. The van der Waals surface area contributed by atoms with Crippen LogP contribution in [-0.2, 0) is 16.9 Å². The van der Waals surface area contributed by atoms with Gasteiger partial charge in [0.1, 0.15) is 5.01 Å². The van der Waals surface area contributed by atoms with Crippen molar-refractivity contribution in [3.8, 4) is 0 Å². The quantitative estimate of drug-likeness (QED) is 0.822. The zero-order valence-corrected chi connectivity index (χ0v) is 13.1. The summed E-state index contributed by atoms with van der Waals surface area (Å²) < 4.78 is 0. The van der Waals surface area contributed by atoms with Crippen molar-refractivity contribution in [3.05, 3.63) is 46.7 Å². The third kappa shape index (κ3) is 4.34. The molecule has 21 heavy (non-hydrogen) atoms. The summed E-state index contributed by atoms with van der Waals surface area (Å²) in [5.74, 6) is -0.0323. The van der Waals surface area contributed by atoms with Crippen LogP contribution >= 0.6 is 11.3 Å². The average molecular weight is 304 g/mol. The van der Waals surface area contributed by atoms with E-state index in [0.717, 1.165) is 17.0 Å². The number of aromatic nitrogens is 2. The molecule has 1 atom stereocenters. The second kappa shape index (κ2) is 7.28. The van der Waals surface area contributed by atoms with Gasteiger partial charge < -0.3 is 5.32 Å². The Bertz CT molecular complexity index is 558. The van der Waals surface area contributed by atoms with E-state index in [0.29, 0.717) is 6.54 Å². The van der Waals surface area contributed by atoms with Gasteiger partial charge in [-0.1, -0.05) is 13.0 Å². The molecule has 0 aliphatic heterocycles. The molecule has 2 N–H and O–H groups in total. The molecule has 5 nitrogen and oxygen atoms in total. The van der Waals surface area contributed by atoms with Gasteiger partial charge in [-0.3, -0.25) is 15.1 Å². The van der Waals surface area contributed by atoms with E-state index >= 15 is 0 Å². The highest BCUT2D eigenvalue weighted by Crippen LogP contribution is 2.25. The maximum atomic E-state index is 11.9. The first-order valence-corrected chi connectivity index (χ1v) is 7.82. The van der Waals surface area contributed by atoms with Crippen molar-refractivity contribution in [2.24, 2.45) is 0 Å². The van der Waals surface area contributed by atoms with E-state index in [1.54, 1.807) is 29.9 Å². The minimum absolute atomic E-state index is 0.0323. The molecule has 0 saturated heterocycles. The molecular formula is C15H20N4OS. The van der Waals surface area contributed by atoms with E-state index in [1.165, 1.54) is 0 Å². The lowest BCUT2D eigenvalue weighted by Gasteiger charge is -2.27. The number of rotatable bonds is 7. The number of nitrogens with one attached hydrogen (secondary N) is 2. The van der Waals surface area contributed by atoms with Gasteiger partial charge >= 0.3 is 0 Å². The van der Waals surface area contributed by atoms with E-state index in [2.05, 4.69) is 34.4 Å². The Morgan fingerprint density at radius 3 is 2.90 bits per heavy atom. The molecule has 0 aliphatic rings. The van der Waals surface area contributed by atoms with Gasteiger partial charge in [-0.05, 0) is 25.0 Å². The largest absolute Gasteiger partial charge is 0.351 e. The summed E-state index contributed by atoms with van der Waals surface area (Å²) in [7, 11) is 0. The van der Waals surface area contributed by atoms with Gasteiger partial charge in [0, 0.05) is 30.5 Å². The minimum atomic E-state index is -0.264. The molecule has 0 aliphatic carbocycles. The zero-order valence-electron chi connectivity index (χ0n) is 12.3. The van der Waals surface area contributed by atoms with Crippen molar-refractivity contribution >= 4 is 17.2 Å². The van der Waals surface area contributed by atoms with Crippen LogP contribution in [0, 0.1) is 0 Å². The standard InChI is InChI=1S/C15H20N4OS/c1-3-15(2,14-17-7-8-21-14)19-11-13(20)18-10-12-5-4-6-16-9-12/h4-9,19H,3,10-11H2,1-2H3,(H,18,20). The number of pyridine rings is 1. The second-order valence-electron chi connectivity index (χ2n) is 5.01. The van der Waals surface area contributed by atoms with Crippen molar-refractivity contribution in [1.29, 1.82) is 0 Å². The number of nitrogens with zero attached hydrogens (tertiary/aromatic N) is 2. The van der Waals surface area contributed by atoms with Crippen molar-refractivity contribution in [2.75, 3.05) is 6.54 Å². The van der Waals surface area contributed by atoms with Gasteiger partial charge in [-0.15, -0.1) is 11.3 Å². The first kappa shape index (κ1) is 15.6. The highest BCUT2D eigenvalue weighted by atomic mass is 32.1. The predicted octanol–water partition coefficient (Wildman–Crippen LogP) is 2.07. The summed E-state index contributed by atoms with van der Waals surface area (Å²) in [6.45, 7) is 4.92. The van der Waals surface area contributed by atoms with Gasteiger partial charge in [0.15, 0.2) is 0 Å². The molecule has 0 spiro atoms. The minimum Gasteiger partial charge on any atom is -0.351 e. The van der Waals surface area contributed by atoms with Crippen LogP contribution in [0.1, 0.15) is 30.8 Å². The molecule has 1 amide bonds. The van der Waals surface area contributed by atoms with E-state index in [9.17, 15) is 4.79 Å². The number of thiazole rings is 1. The Kier molecular flexibility index (Phi) is 5.41. The summed E-state index contributed by atoms with van der Waals surface area (Å²) in [5, 5.41) is 9.14. The van der Waals surface area contributed by atoms with Crippen LogP contribution in [0.25, 0.3) is 0 Å². The molecule has 2 rings (SSSR count). The van der Waals surface area contributed by atoms with Crippen LogP contribution in [0.4, 0.5) is 0 Å². The lowest BCUT2D eigenvalue weighted by Crippen LogP contribution is -2.44. The van der Waals surface area contributed by atoms with Gasteiger partial charge in [-0.25, -0.2) is 4.98 Å². The van der Waals surface area contributed by atoms with Crippen LogP contribution in [0.3, 0.4) is 0 Å². The molecule has 6 heteroatoms. The zero-order chi connectivity index (χ0) is 15.1. The molecule has 0 fully saturated rings. The predicted molar refractivity (Wildman–Crippen MR) is 83.8 cm³/mol. The first-order chi connectivity index (χ1) is 10.1. The number of carbonyl (C=O) groups is 1. The fourth-order valence-corrected chi connectivity index (χ4v) is 2.74. The maximum absolute atomic E-state index is 11.9. The van der Waals surface area contributed by atoms with Crippen molar-refractivity contribution in [2.45, 2.75) is 32.4 Å². The maximum Gasteiger partial charge on any atom is 0.234 e.